The van der Waals surface area contributed by atoms with E-state index in [0.717, 1.165) is 21.8 Å². The van der Waals surface area contributed by atoms with Crippen LogP contribution in [-0.4, -0.2) is 52.5 Å². The zero-order chi connectivity index (χ0) is 24.5. The summed E-state index contributed by atoms with van der Waals surface area (Å²) in [5, 5.41) is 16.3. The molecule has 0 radical (unpaired) electrons. The van der Waals surface area contributed by atoms with Gasteiger partial charge in [-0.2, -0.15) is 0 Å². The summed E-state index contributed by atoms with van der Waals surface area (Å²) in [5.41, 5.74) is 1.37. The molecule has 176 valence electrons. The third-order valence-corrected chi connectivity index (χ3v) is 5.50. The van der Waals surface area contributed by atoms with Gasteiger partial charge in [-0.3, -0.25) is 14.5 Å². The van der Waals surface area contributed by atoms with Gasteiger partial charge in [0, 0.05) is 18.3 Å². The number of nitrogens with one attached hydrogen (secondary N) is 2. The van der Waals surface area contributed by atoms with Gasteiger partial charge >= 0.3 is 12.0 Å². The molecule has 0 saturated heterocycles. The van der Waals surface area contributed by atoms with Crippen LogP contribution in [0.1, 0.15) is 21.6 Å². The SMILES string of the molecule is COC(=O)c1csc(NC(=O)[C@H](Cc2ccccc2)N(C=O)C(=O)NCc2cccc(O)c2)n1. The molecule has 34 heavy (non-hydrogen) atoms. The van der Waals surface area contributed by atoms with E-state index >= 15 is 0 Å². The summed E-state index contributed by atoms with van der Waals surface area (Å²) in [6, 6.07) is 13.2. The second-order valence-corrected chi connectivity index (χ2v) is 7.92. The second kappa shape index (κ2) is 11.6. The predicted molar refractivity (Wildman–Crippen MR) is 124 cm³/mol. The molecule has 0 saturated carbocycles. The number of nitrogens with zero attached hydrogens (tertiary/aromatic N) is 2. The summed E-state index contributed by atoms with van der Waals surface area (Å²) >= 11 is 1.01. The number of carbonyl (C=O) groups excluding carboxylic acids is 4. The van der Waals surface area contributed by atoms with Crippen molar-refractivity contribution in [1.29, 1.82) is 0 Å². The number of aromatic nitrogens is 1. The normalized spacial score (nSPS) is 11.2. The van der Waals surface area contributed by atoms with Crippen LogP contribution in [-0.2, 0) is 27.3 Å². The summed E-state index contributed by atoms with van der Waals surface area (Å²) in [6.45, 7) is 0.0339. The molecule has 10 nitrogen and oxygen atoms in total. The van der Waals surface area contributed by atoms with Crippen LogP contribution in [0.25, 0.3) is 0 Å². The van der Waals surface area contributed by atoms with Crippen LogP contribution >= 0.6 is 11.3 Å². The number of benzene rings is 2. The van der Waals surface area contributed by atoms with E-state index in [4.69, 9.17) is 0 Å². The molecule has 0 spiro atoms. The number of phenolic OH excluding ortho intramolecular Hbond substituents is 1. The van der Waals surface area contributed by atoms with E-state index in [0.29, 0.717) is 5.56 Å². The maximum absolute atomic E-state index is 13.1. The molecule has 3 N–H and O–H groups in total. The maximum Gasteiger partial charge on any atom is 0.357 e. The Kier molecular flexibility index (Phi) is 8.30. The molecule has 3 aromatic rings. The minimum atomic E-state index is -1.20. The van der Waals surface area contributed by atoms with Crippen molar-refractivity contribution < 1.29 is 29.0 Å². The van der Waals surface area contributed by atoms with E-state index in [1.54, 1.807) is 36.4 Å². The lowest BCUT2D eigenvalue weighted by Gasteiger charge is -2.26. The first kappa shape index (κ1) is 24.4. The number of phenols is 1. The first-order valence-corrected chi connectivity index (χ1v) is 11.0. The first-order chi connectivity index (χ1) is 16.4. The minimum Gasteiger partial charge on any atom is -0.508 e. The monoisotopic (exact) mass is 482 g/mol. The first-order valence-electron chi connectivity index (χ1n) is 10.1. The minimum absolute atomic E-state index is 0.0264. The van der Waals surface area contributed by atoms with Crippen molar-refractivity contribution in [3.8, 4) is 5.75 Å². The Bertz CT molecular complexity index is 1170. The number of anilines is 1. The number of hydrogen-bond acceptors (Lipinski definition) is 8. The zero-order valence-electron chi connectivity index (χ0n) is 18.1. The van der Waals surface area contributed by atoms with E-state index in [2.05, 4.69) is 20.4 Å². The standard InChI is InChI=1S/C23H22N4O6S/c1-33-21(31)18-13-34-22(25-18)26-20(30)19(11-15-6-3-2-4-7-15)27(14-28)23(32)24-12-16-8-5-9-17(29)10-16/h2-10,13-14,19,29H,11-12H2,1H3,(H,24,32)(H,25,26,30)/t19-/m0/s1. The smallest absolute Gasteiger partial charge is 0.357 e. The number of urea groups is 1. The summed E-state index contributed by atoms with van der Waals surface area (Å²) in [5.74, 6) is -1.28. The number of ether oxygens (including phenoxy) is 1. The van der Waals surface area contributed by atoms with E-state index < -0.39 is 23.9 Å². The third-order valence-electron chi connectivity index (χ3n) is 4.74. The van der Waals surface area contributed by atoms with Crippen molar-refractivity contribution in [2.45, 2.75) is 19.0 Å². The number of aromatic hydroxyl groups is 1. The Hall–Kier alpha value is -4.25. The van der Waals surface area contributed by atoms with Crippen molar-refractivity contribution in [2.75, 3.05) is 12.4 Å². The summed E-state index contributed by atoms with van der Waals surface area (Å²) < 4.78 is 4.61. The van der Waals surface area contributed by atoms with Crippen LogP contribution in [0.2, 0.25) is 0 Å². The highest BCUT2D eigenvalue weighted by atomic mass is 32.1. The van der Waals surface area contributed by atoms with Crippen LogP contribution in [0.4, 0.5) is 9.93 Å². The number of methoxy groups -OCH3 is 1. The maximum atomic E-state index is 13.1. The van der Waals surface area contributed by atoms with Crippen molar-refractivity contribution >= 4 is 40.8 Å². The van der Waals surface area contributed by atoms with Gasteiger partial charge in [-0.25, -0.2) is 14.6 Å². The van der Waals surface area contributed by atoms with Crippen LogP contribution in [0.5, 0.6) is 5.75 Å². The number of carbonyl (C=O) groups is 4. The largest absolute Gasteiger partial charge is 0.508 e. The molecule has 0 bridgehead atoms. The van der Waals surface area contributed by atoms with Crippen LogP contribution < -0.4 is 10.6 Å². The Labute approximate surface area is 199 Å². The van der Waals surface area contributed by atoms with Gasteiger partial charge in [0.2, 0.25) is 12.3 Å². The summed E-state index contributed by atoms with van der Waals surface area (Å²) in [7, 11) is 1.22. The van der Waals surface area contributed by atoms with E-state index in [9.17, 15) is 24.3 Å². The fourth-order valence-electron chi connectivity index (χ4n) is 3.07. The molecule has 0 unspecified atom stereocenters. The van der Waals surface area contributed by atoms with Gasteiger partial charge in [0.1, 0.15) is 11.8 Å². The Balaban J connectivity index is 1.78. The zero-order valence-corrected chi connectivity index (χ0v) is 19.0. The second-order valence-electron chi connectivity index (χ2n) is 7.07. The number of imide groups is 1. The number of esters is 1. The highest BCUT2D eigenvalue weighted by Gasteiger charge is 2.31. The lowest BCUT2D eigenvalue weighted by atomic mass is 10.0. The lowest BCUT2D eigenvalue weighted by Crippen LogP contribution is -2.51. The predicted octanol–water partition coefficient (Wildman–Crippen LogP) is 2.55. The topological polar surface area (TPSA) is 138 Å². The van der Waals surface area contributed by atoms with Gasteiger partial charge in [-0.1, -0.05) is 42.5 Å². The van der Waals surface area contributed by atoms with E-state index in [1.165, 1.54) is 24.6 Å². The summed E-state index contributed by atoms with van der Waals surface area (Å²) in [4.78, 5) is 54.2. The quantitative estimate of drug-likeness (QED) is 0.315. The van der Waals surface area contributed by atoms with Crippen molar-refractivity contribution in [2.24, 2.45) is 0 Å². The van der Waals surface area contributed by atoms with Crippen LogP contribution in [0.15, 0.2) is 60.0 Å². The number of amides is 4. The van der Waals surface area contributed by atoms with Crippen LogP contribution in [0, 0.1) is 0 Å². The summed E-state index contributed by atoms with van der Waals surface area (Å²) in [6.07, 6.45) is 0.340. The van der Waals surface area contributed by atoms with Gasteiger partial charge in [0.15, 0.2) is 10.8 Å². The molecule has 2 aromatic carbocycles. The number of hydrogen-bond donors (Lipinski definition) is 3. The third kappa shape index (κ3) is 6.39. The van der Waals surface area contributed by atoms with Crippen molar-refractivity contribution in [3.63, 3.8) is 0 Å². The Morgan fingerprint density at radius 3 is 2.56 bits per heavy atom. The fourth-order valence-corrected chi connectivity index (χ4v) is 3.75. The Morgan fingerprint density at radius 1 is 1.15 bits per heavy atom. The average molecular weight is 483 g/mol. The molecule has 11 heteroatoms. The molecule has 1 atom stereocenters. The molecule has 1 aromatic heterocycles. The van der Waals surface area contributed by atoms with Crippen molar-refractivity contribution in [1.82, 2.24) is 15.2 Å². The molecule has 0 aliphatic carbocycles. The van der Waals surface area contributed by atoms with Gasteiger partial charge in [0.25, 0.3) is 0 Å². The van der Waals surface area contributed by atoms with Gasteiger partial charge in [-0.05, 0) is 23.3 Å². The fraction of sp³-hybridized carbons (Fsp3) is 0.174. The van der Waals surface area contributed by atoms with Crippen molar-refractivity contribution in [3.05, 3.63) is 76.8 Å². The van der Waals surface area contributed by atoms with Gasteiger partial charge in [-0.15, -0.1) is 11.3 Å². The molecule has 3 rings (SSSR count). The average Bonchev–Trinajstić information content (AvgIpc) is 3.31. The molecule has 0 aliphatic heterocycles. The highest BCUT2D eigenvalue weighted by molar-refractivity contribution is 7.14. The molecular formula is C23H22N4O6S. The van der Waals surface area contributed by atoms with Gasteiger partial charge in [0.05, 0.1) is 7.11 Å². The Morgan fingerprint density at radius 2 is 1.88 bits per heavy atom. The number of thiazole rings is 1. The molecule has 1 heterocycles. The highest BCUT2D eigenvalue weighted by Crippen LogP contribution is 2.18. The molecule has 4 amide bonds. The molecular weight excluding hydrogens is 460 g/mol. The van der Waals surface area contributed by atoms with Gasteiger partial charge < -0.3 is 20.5 Å². The number of rotatable bonds is 9. The van der Waals surface area contributed by atoms with E-state index in [-0.39, 0.29) is 36.0 Å². The van der Waals surface area contributed by atoms with E-state index in [1.807, 2.05) is 6.07 Å². The lowest BCUT2D eigenvalue weighted by molar-refractivity contribution is -0.127. The van der Waals surface area contributed by atoms with Crippen LogP contribution in [0.3, 0.4) is 0 Å². The molecule has 0 fully saturated rings. The molecule has 0 aliphatic rings.